The summed E-state index contributed by atoms with van der Waals surface area (Å²) in [6, 6.07) is 5.72. The number of rotatable bonds is 4. The number of hydrogen-bond acceptors (Lipinski definition) is 7. The maximum atomic E-state index is 12.5. The van der Waals surface area contributed by atoms with Crippen LogP contribution in [0.5, 0.6) is 0 Å². The number of benzene rings is 1. The highest BCUT2D eigenvalue weighted by Gasteiger charge is 2.27. The minimum absolute atomic E-state index is 0.0994. The molecule has 2 aromatic rings. The van der Waals surface area contributed by atoms with E-state index in [0.717, 1.165) is 20.9 Å². The first-order valence-corrected chi connectivity index (χ1v) is 9.23. The first-order valence-electron chi connectivity index (χ1n) is 8.41. The number of methoxy groups -OCH3 is 2. The zero-order chi connectivity index (χ0) is 19.6. The largest absolute Gasteiger partial charge is 0.465 e. The van der Waals surface area contributed by atoms with Crippen molar-refractivity contribution in [3.8, 4) is 0 Å². The Morgan fingerprint density at radius 1 is 1.11 bits per heavy atom. The van der Waals surface area contributed by atoms with Gasteiger partial charge in [0.1, 0.15) is 5.70 Å². The standard InChI is InChI=1S/C20H20N2O4S/c1-12(2)18-21-15-9-8-13(11-16(15)27-18)22-10-6-5-7-14(19(23)25-3)17(22)20(24)26-4/h5-12H,1-4H3. The molecule has 1 aliphatic rings. The Hall–Kier alpha value is -2.93. The van der Waals surface area contributed by atoms with Crippen molar-refractivity contribution in [1.29, 1.82) is 0 Å². The van der Waals surface area contributed by atoms with Gasteiger partial charge in [0, 0.05) is 17.8 Å². The van der Waals surface area contributed by atoms with Crippen LogP contribution in [0, 0.1) is 0 Å². The molecule has 1 aliphatic heterocycles. The SMILES string of the molecule is COC(=O)C1=C(C(=O)OC)N(c2ccc3nc(C(C)C)sc3c2)C=CC=C1. The maximum Gasteiger partial charge on any atom is 0.355 e. The van der Waals surface area contributed by atoms with E-state index in [0.29, 0.717) is 5.92 Å². The number of aromatic nitrogens is 1. The molecule has 0 saturated heterocycles. The second kappa shape index (κ2) is 7.75. The summed E-state index contributed by atoms with van der Waals surface area (Å²) in [4.78, 5) is 31.0. The smallest absolute Gasteiger partial charge is 0.355 e. The van der Waals surface area contributed by atoms with Crippen molar-refractivity contribution in [3.05, 3.63) is 58.9 Å². The lowest BCUT2D eigenvalue weighted by atomic mass is 10.1. The summed E-state index contributed by atoms with van der Waals surface area (Å²) < 4.78 is 10.8. The van der Waals surface area contributed by atoms with Gasteiger partial charge in [-0.3, -0.25) is 0 Å². The predicted octanol–water partition coefficient (Wildman–Crippen LogP) is 3.91. The van der Waals surface area contributed by atoms with E-state index in [1.54, 1.807) is 34.6 Å². The van der Waals surface area contributed by atoms with Gasteiger partial charge in [-0.1, -0.05) is 19.9 Å². The Labute approximate surface area is 161 Å². The topological polar surface area (TPSA) is 68.7 Å². The quantitative estimate of drug-likeness (QED) is 0.745. The highest BCUT2D eigenvalue weighted by molar-refractivity contribution is 7.18. The van der Waals surface area contributed by atoms with Crippen molar-refractivity contribution >= 4 is 39.2 Å². The number of carbonyl (C=O) groups excluding carboxylic acids is 2. The predicted molar refractivity (Wildman–Crippen MR) is 106 cm³/mol. The fraction of sp³-hybridized carbons (Fsp3) is 0.250. The molecule has 0 N–H and O–H groups in total. The molecule has 140 valence electrons. The van der Waals surface area contributed by atoms with Crippen LogP contribution >= 0.6 is 11.3 Å². The lowest BCUT2D eigenvalue weighted by Crippen LogP contribution is -2.26. The molecule has 0 aliphatic carbocycles. The van der Waals surface area contributed by atoms with Crippen LogP contribution in [0.25, 0.3) is 10.2 Å². The van der Waals surface area contributed by atoms with Gasteiger partial charge in [-0.15, -0.1) is 11.3 Å². The summed E-state index contributed by atoms with van der Waals surface area (Å²) in [5.74, 6) is -0.898. The van der Waals surface area contributed by atoms with E-state index in [9.17, 15) is 9.59 Å². The summed E-state index contributed by atoms with van der Waals surface area (Å²) in [5.41, 5.74) is 1.85. The summed E-state index contributed by atoms with van der Waals surface area (Å²) in [7, 11) is 2.56. The van der Waals surface area contributed by atoms with Gasteiger partial charge in [-0.2, -0.15) is 0 Å². The monoisotopic (exact) mass is 384 g/mol. The van der Waals surface area contributed by atoms with Gasteiger partial charge in [-0.05, 0) is 30.4 Å². The van der Waals surface area contributed by atoms with Crippen molar-refractivity contribution in [2.45, 2.75) is 19.8 Å². The molecule has 1 aromatic heterocycles. The normalized spacial score (nSPS) is 14.0. The first-order chi connectivity index (χ1) is 13.0. The fourth-order valence-electron chi connectivity index (χ4n) is 2.69. The molecule has 2 heterocycles. The van der Waals surface area contributed by atoms with Gasteiger partial charge >= 0.3 is 11.9 Å². The van der Waals surface area contributed by atoms with E-state index in [-0.39, 0.29) is 11.3 Å². The highest BCUT2D eigenvalue weighted by atomic mass is 32.1. The Morgan fingerprint density at radius 2 is 1.85 bits per heavy atom. The molecule has 1 aromatic carbocycles. The number of anilines is 1. The molecule has 0 radical (unpaired) electrons. The summed E-state index contributed by atoms with van der Waals surface area (Å²) >= 11 is 1.61. The van der Waals surface area contributed by atoms with Crippen molar-refractivity contribution in [3.63, 3.8) is 0 Å². The Kier molecular flexibility index (Phi) is 5.41. The minimum atomic E-state index is -0.626. The molecular weight excluding hydrogens is 364 g/mol. The van der Waals surface area contributed by atoms with Crippen LogP contribution in [0.3, 0.4) is 0 Å². The number of ether oxygens (including phenoxy) is 2. The van der Waals surface area contributed by atoms with Gasteiger partial charge in [0.2, 0.25) is 0 Å². The molecule has 0 bridgehead atoms. The van der Waals surface area contributed by atoms with E-state index in [1.807, 2.05) is 18.2 Å². The molecular formula is C20H20N2O4S. The van der Waals surface area contributed by atoms with E-state index < -0.39 is 11.9 Å². The van der Waals surface area contributed by atoms with Gasteiger partial charge in [0.05, 0.1) is 35.0 Å². The van der Waals surface area contributed by atoms with Crippen molar-refractivity contribution in [2.75, 3.05) is 19.1 Å². The van der Waals surface area contributed by atoms with Crippen LogP contribution in [-0.2, 0) is 19.1 Å². The molecule has 7 heteroatoms. The van der Waals surface area contributed by atoms with Crippen molar-refractivity contribution in [1.82, 2.24) is 4.98 Å². The average molecular weight is 384 g/mol. The zero-order valence-electron chi connectivity index (χ0n) is 15.6. The number of carbonyl (C=O) groups is 2. The van der Waals surface area contributed by atoms with Gasteiger partial charge in [0.15, 0.2) is 0 Å². The maximum absolute atomic E-state index is 12.5. The Morgan fingerprint density at radius 3 is 2.52 bits per heavy atom. The molecule has 0 amide bonds. The lowest BCUT2D eigenvalue weighted by molar-refractivity contribution is -0.139. The second-order valence-corrected chi connectivity index (χ2v) is 7.24. The molecule has 0 spiro atoms. The van der Waals surface area contributed by atoms with Crippen LogP contribution in [0.2, 0.25) is 0 Å². The lowest BCUT2D eigenvalue weighted by Gasteiger charge is -2.23. The van der Waals surface area contributed by atoms with E-state index in [2.05, 4.69) is 18.8 Å². The molecule has 0 unspecified atom stereocenters. The number of esters is 2. The Balaban J connectivity index is 2.16. The average Bonchev–Trinajstić information content (AvgIpc) is 2.98. The third kappa shape index (κ3) is 3.64. The van der Waals surface area contributed by atoms with Crippen molar-refractivity contribution in [2.24, 2.45) is 0 Å². The van der Waals surface area contributed by atoms with Crippen LogP contribution < -0.4 is 4.90 Å². The van der Waals surface area contributed by atoms with Gasteiger partial charge < -0.3 is 14.4 Å². The van der Waals surface area contributed by atoms with Gasteiger partial charge in [-0.25, -0.2) is 14.6 Å². The molecule has 3 rings (SSSR count). The van der Waals surface area contributed by atoms with Gasteiger partial charge in [0.25, 0.3) is 0 Å². The summed E-state index contributed by atoms with van der Waals surface area (Å²) in [6.07, 6.45) is 6.67. The highest BCUT2D eigenvalue weighted by Crippen LogP contribution is 2.33. The zero-order valence-corrected chi connectivity index (χ0v) is 16.4. The summed E-state index contributed by atoms with van der Waals surface area (Å²) in [5, 5.41) is 1.05. The van der Waals surface area contributed by atoms with E-state index in [4.69, 9.17) is 9.47 Å². The fourth-order valence-corrected chi connectivity index (χ4v) is 3.70. The van der Waals surface area contributed by atoms with E-state index in [1.165, 1.54) is 20.3 Å². The third-order valence-corrected chi connectivity index (χ3v) is 5.37. The number of fused-ring (bicyclic) bond motifs is 1. The van der Waals surface area contributed by atoms with Crippen LogP contribution in [0.15, 0.2) is 53.9 Å². The molecule has 27 heavy (non-hydrogen) atoms. The Bertz CT molecular complexity index is 985. The number of thiazole rings is 1. The minimum Gasteiger partial charge on any atom is -0.465 e. The molecule has 0 atom stereocenters. The van der Waals surface area contributed by atoms with Crippen molar-refractivity contribution < 1.29 is 19.1 Å². The van der Waals surface area contributed by atoms with Crippen LogP contribution in [0.1, 0.15) is 24.8 Å². The second-order valence-electron chi connectivity index (χ2n) is 6.17. The number of hydrogen-bond donors (Lipinski definition) is 0. The van der Waals surface area contributed by atoms with Crippen LogP contribution in [0.4, 0.5) is 5.69 Å². The molecule has 0 saturated carbocycles. The first kappa shape index (κ1) is 18.8. The number of allylic oxidation sites excluding steroid dienone is 2. The molecule has 0 fully saturated rings. The summed E-state index contributed by atoms with van der Waals surface area (Å²) in [6.45, 7) is 4.20. The van der Waals surface area contributed by atoms with E-state index >= 15 is 0 Å². The number of nitrogens with zero attached hydrogens (tertiary/aromatic N) is 2. The third-order valence-electron chi connectivity index (χ3n) is 4.05. The van der Waals surface area contributed by atoms with Crippen LogP contribution in [-0.4, -0.2) is 31.1 Å². The molecule has 6 nitrogen and oxygen atoms in total.